The molecule has 2 amide bonds. The molecule has 2 aromatic rings. The fourth-order valence-electron chi connectivity index (χ4n) is 5.01. The zero-order chi connectivity index (χ0) is 26.6. The molecule has 202 valence electrons. The van der Waals surface area contributed by atoms with E-state index in [9.17, 15) is 14.4 Å². The summed E-state index contributed by atoms with van der Waals surface area (Å²) < 4.78 is 5.57. The molecule has 3 rings (SSSR count). The van der Waals surface area contributed by atoms with E-state index in [1.807, 2.05) is 19.0 Å². The predicted molar refractivity (Wildman–Crippen MR) is 149 cm³/mol. The Morgan fingerprint density at radius 1 is 0.784 bits per heavy atom. The lowest BCUT2D eigenvalue weighted by molar-refractivity contribution is 0.0497. The van der Waals surface area contributed by atoms with E-state index in [1.54, 1.807) is 30.3 Å². The predicted octanol–water partition coefficient (Wildman–Crippen LogP) is 6.86. The van der Waals surface area contributed by atoms with Crippen LogP contribution < -0.4 is 0 Å². The summed E-state index contributed by atoms with van der Waals surface area (Å²) in [5.41, 5.74) is 1.32. The van der Waals surface area contributed by atoms with E-state index in [4.69, 9.17) is 4.74 Å². The third-order valence-corrected chi connectivity index (χ3v) is 7.21. The molecule has 6 heteroatoms. The first-order valence-corrected chi connectivity index (χ1v) is 14.2. The first-order valence-electron chi connectivity index (χ1n) is 14.2. The molecule has 0 radical (unpaired) electrons. The summed E-state index contributed by atoms with van der Waals surface area (Å²) in [5, 5.41) is 1.15. The van der Waals surface area contributed by atoms with Crippen LogP contribution in [0.2, 0.25) is 0 Å². The second kappa shape index (κ2) is 14.9. The quantitative estimate of drug-likeness (QED) is 0.133. The molecule has 0 saturated heterocycles. The van der Waals surface area contributed by atoms with Crippen LogP contribution in [0.1, 0.15) is 115 Å². The van der Waals surface area contributed by atoms with E-state index in [1.165, 1.54) is 69.1 Å². The number of esters is 1. The molecule has 0 fully saturated rings. The lowest BCUT2D eigenvalue weighted by Gasteiger charge is -2.28. The molecule has 2 aromatic carbocycles. The van der Waals surface area contributed by atoms with Crippen LogP contribution in [0, 0.1) is 0 Å². The Bertz CT molecular complexity index is 1040. The molecule has 0 saturated carbocycles. The van der Waals surface area contributed by atoms with Gasteiger partial charge in [0.15, 0.2) is 0 Å². The summed E-state index contributed by atoms with van der Waals surface area (Å²) in [6, 6.07) is 8.60. The highest BCUT2D eigenvalue weighted by molar-refractivity contribution is 6.27. The van der Waals surface area contributed by atoms with Gasteiger partial charge in [-0.05, 0) is 44.1 Å². The highest BCUT2D eigenvalue weighted by Crippen LogP contribution is 2.32. The van der Waals surface area contributed by atoms with Gasteiger partial charge in [0, 0.05) is 29.6 Å². The van der Waals surface area contributed by atoms with E-state index in [0.29, 0.717) is 47.2 Å². The standard InChI is InChI=1S/C31H44N2O4/c1-4-5-6-7-8-9-10-11-12-13-14-15-23-37-31(36)25-19-20-27-28-24(25)17-16-18-26(28)29(34)33(30(27)35)22-21-32(2)3/h16-20H,4-15,21-23H2,1-3H3. The van der Waals surface area contributed by atoms with Gasteiger partial charge in [0.1, 0.15) is 0 Å². The van der Waals surface area contributed by atoms with E-state index in [0.717, 1.165) is 12.8 Å². The number of ether oxygens (including phenoxy) is 1. The third-order valence-electron chi connectivity index (χ3n) is 7.21. The van der Waals surface area contributed by atoms with Crippen molar-refractivity contribution in [2.45, 2.75) is 84.0 Å². The Morgan fingerprint density at radius 3 is 1.95 bits per heavy atom. The van der Waals surface area contributed by atoms with Crippen LogP contribution in [0.25, 0.3) is 10.8 Å². The SMILES string of the molecule is CCCCCCCCCCCCCCOC(=O)c1ccc2c3c(cccc13)C(=O)N(CCN(C)C)C2=O. The van der Waals surface area contributed by atoms with E-state index < -0.39 is 5.97 Å². The molecular weight excluding hydrogens is 464 g/mol. The Hall–Kier alpha value is -2.73. The second-order valence-corrected chi connectivity index (χ2v) is 10.5. The lowest BCUT2D eigenvalue weighted by atomic mass is 9.91. The molecule has 1 heterocycles. The van der Waals surface area contributed by atoms with Crippen molar-refractivity contribution in [2.24, 2.45) is 0 Å². The average molecular weight is 509 g/mol. The van der Waals surface area contributed by atoms with Crippen molar-refractivity contribution in [2.75, 3.05) is 33.8 Å². The molecular formula is C31H44N2O4. The number of nitrogens with zero attached hydrogens (tertiary/aromatic N) is 2. The molecule has 0 spiro atoms. The highest BCUT2D eigenvalue weighted by Gasteiger charge is 2.33. The van der Waals surface area contributed by atoms with Crippen LogP contribution >= 0.6 is 0 Å². The van der Waals surface area contributed by atoms with Crippen molar-refractivity contribution in [1.29, 1.82) is 0 Å². The van der Waals surface area contributed by atoms with Gasteiger partial charge in [-0.15, -0.1) is 0 Å². The van der Waals surface area contributed by atoms with Crippen molar-refractivity contribution in [1.82, 2.24) is 9.80 Å². The minimum absolute atomic E-state index is 0.313. The topological polar surface area (TPSA) is 66.9 Å². The van der Waals surface area contributed by atoms with Crippen LogP contribution in [-0.4, -0.2) is 61.4 Å². The molecule has 1 aliphatic rings. The normalized spacial score (nSPS) is 13.1. The number of unbranched alkanes of at least 4 members (excludes halogenated alkanes) is 11. The van der Waals surface area contributed by atoms with Gasteiger partial charge in [-0.3, -0.25) is 14.5 Å². The number of carbonyl (C=O) groups excluding carboxylic acids is 3. The fourth-order valence-corrected chi connectivity index (χ4v) is 5.01. The van der Waals surface area contributed by atoms with Gasteiger partial charge in [0.2, 0.25) is 0 Å². The Morgan fingerprint density at radius 2 is 1.35 bits per heavy atom. The zero-order valence-corrected chi connectivity index (χ0v) is 23.0. The number of likely N-dealkylation sites (N-methyl/N-ethyl adjacent to an activating group) is 1. The molecule has 0 atom stereocenters. The summed E-state index contributed by atoms with van der Waals surface area (Å²) in [6.07, 6.45) is 15.1. The van der Waals surface area contributed by atoms with Crippen LogP contribution in [0.3, 0.4) is 0 Å². The molecule has 0 aliphatic carbocycles. The first kappa shape index (κ1) is 28.8. The number of hydrogen-bond donors (Lipinski definition) is 0. The molecule has 0 unspecified atom stereocenters. The van der Waals surface area contributed by atoms with Gasteiger partial charge in [0.05, 0.1) is 12.2 Å². The highest BCUT2D eigenvalue weighted by atomic mass is 16.5. The number of imide groups is 1. The smallest absolute Gasteiger partial charge is 0.338 e. The molecule has 37 heavy (non-hydrogen) atoms. The van der Waals surface area contributed by atoms with Crippen LogP contribution in [0.5, 0.6) is 0 Å². The Labute approximate surface area is 222 Å². The molecule has 0 N–H and O–H groups in total. The van der Waals surface area contributed by atoms with Gasteiger partial charge in [0.25, 0.3) is 11.8 Å². The summed E-state index contributed by atoms with van der Waals surface area (Å²) in [4.78, 5) is 42.3. The fraction of sp³-hybridized carbons (Fsp3) is 0.581. The number of carbonyl (C=O) groups is 3. The van der Waals surface area contributed by atoms with E-state index in [-0.39, 0.29) is 11.8 Å². The van der Waals surface area contributed by atoms with Gasteiger partial charge in [-0.25, -0.2) is 4.79 Å². The van der Waals surface area contributed by atoms with Crippen LogP contribution in [0.15, 0.2) is 30.3 Å². The van der Waals surface area contributed by atoms with Crippen molar-refractivity contribution < 1.29 is 19.1 Å². The van der Waals surface area contributed by atoms with Crippen LogP contribution in [-0.2, 0) is 4.74 Å². The van der Waals surface area contributed by atoms with E-state index >= 15 is 0 Å². The van der Waals surface area contributed by atoms with Gasteiger partial charge < -0.3 is 9.64 Å². The molecule has 6 nitrogen and oxygen atoms in total. The second-order valence-electron chi connectivity index (χ2n) is 10.5. The Balaban J connectivity index is 1.47. The summed E-state index contributed by atoms with van der Waals surface area (Å²) >= 11 is 0. The largest absolute Gasteiger partial charge is 0.462 e. The number of hydrogen-bond acceptors (Lipinski definition) is 5. The van der Waals surface area contributed by atoms with Gasteiger partial charge in [-0.1, -0.05) is 89.7 Å². The van der Waals surface area contributed by atoms with Crippen molar-refractivity contribution >= 4 is 28.6 Å². The summed E-state index contributed by atoms with van der Waals surface area (Å²) in [6.45, 7) is 3.55. The average Bonchev–Trinajstić information content (AvgIpc) is 2.89. The maximum absolute atomic E-state index is 13.1. The summed E-state index contributed by atoms with van der Waals surface area (Å²) in [5.74, 6) is -1.03. The van der Waals surface area contributed by atoms with Gasteiger partial charge >= 0.3 is 5.97 Å². The number of benzene rings is 2. The maximum Gasteiger partial charge on any atom is 0.338 e. The Kier molecular flexibility index (Phi) is 11.6. The van der Waals surface area contributed by atoms with Crippen LogP contribution in [0.4, 0.5) is 0 Å². The minimum Gasteiger partial charge on any atom is -0.462 e. The van der Waals surface area contributed by atoms with Crippen molar-refractivity contribution in [3.8, 4) is 0 Å². The minimum atomic E-state index is -0.401. The molecule has 1 aliphatic heterocycles. The maximum atomic E-state index is 13.1. The first-order chi connectivity index (χ1) is 18.0. The number of amides is 2. The molecule has 0 aromatic heterocycles. The van der Waals surface area contributed by atoms with Crippen molar-refractivity contribution in [3.05, 3.63) is 47.0 Å². The van der Waals surface area contributed by atoms with E-state index in [2.05, 4.69) is 6.92 Å². The lowest BCUT2D eigenvalue weighted by Crippen LogP contribution is -2.43. The van der Waals surface area contributed by atoms with Crippen molar-refractivity contribution in [3.63, 3.8) is 0 Å². The van der Waals surface area contributed by atoms with Gasteiger partial charge in [-0.2, -0.15) is 0 Å². The summed E-state index contributed by atoms with van der Waals surface area (Å²) in [7, 11) is 3.81. The molecule has 0 bridgehead atoms. The number of rotatable bonds is 17. The third kappa shape index (κ3) is 7.88. The zero-order valence-electron chi connectivity index (χ0n) is 23.0. The monoisotopic (exact) mass is 508 g/mol.